The summed E-state index contributed by atoms with van der Waals surface area (Å²) in [5, 5.41) is 9.04. The summed E-state index contributed by atoms with van der Waals surface area (Å²) in [6, 6.07) is 7.70. The minimum atomic E-state index is -0.202. The summed E-state index contributed by atoms with van der Waals surface area (Å²) in [5.41, 5.74) is 2.28. The van der Waals surface area contributed by atoms with Gasteiger partial charge in [0.15, 0.2) is 0 Å². The Morgan fingerprint density at radius 1 is 1.15 bits per heavy atom. The number of anilines is 1. The quantitative estimate of drug-likeness (QED) is 0.675. The average Bonchev–Trinajstić information content (AvgIpc) is 3.37. The van der Waals surface area contributed by atoms with E-state index in [1.54, 1.807) is 11.3 Å². The number of amidine groups is 1. The molecular formula is C26H33N5O2S. The molecule has 1 aromatic carbocycles. The molecule has 2 N–H and O–H groups in total. The molecule has 180 valence electrons. The molecule has 2 aliphatic heterocycles. The van der Waals surface area contributed by atoms with Gasteiger partial charge in [0.05, 0.1) is 11.6 Å². The molecule has 5 rings (SSSR count). The molecule has 7 nitrogen and oxygen atoms in total. The lowest BCUT2D eigenvalue weighted by atomic mass is 9.96. The molecule has 8 heteroatoms. The maximum absolute atomic E-state index is 13.1. The Morgan fingerprint density at radius 3 is 2.53 bits per heavy atom. The summed E-state index contributed by atoms with van der Waals surface area (Å²) in [5.74, 6) is 1.37. The maximum Gasteiger partial charge on any atom is 0.275 e. The third-order valence-corrected chi connectivity index (χ3v) is 9.25. The first kappa shape index (κ1) is 23.0. The van der Waals surface area contributed by atoms with Gasteiger partial charge in [0, 0.05) is 48.1 Å². The van der Waals surface area contributed by atoms with E-state index in [0.29, 0.717) is 17.5 Å². The number of benzene rings is 1. The van der Waals surface area contributed by atoms with Crippen molar-refractivity contribution < 1.29 is 9.59 Å². The standard InChI is InChI=1S/C26H33N5O2S/c1-25(2)20(26(25,3)4)24(33)31-12-8-16(9-13-31)23-30-19(15-34-23)22(32)29-18-7-5-6-17(14-18)21-27-10-11-28-21/h5-7,14-16,20H,8-13H2,1-4H3,(H,27,28)(H,29,32). The van der Waals surface area contributed by atoms with Gasteiger partial charge in [-0.05, 0) is 35.8 Å². The van der Waals surface area contributed by atoms with E-state index in [4.69, 9.17) is 0 Å². The van der Waals surface area contributed by atoms with Crippen LogP contribution in [0.4, 0.5) is 5.69 Å². The number of nitrogens with one attached hydrogen (secondary N) is 2. The summed E-state index contributed by atoms with van der Waals surface area (Å²) in [6.07, 6.45) is 1.79. The van der Waals surface area contributed by atoms with Crippen LogP contribution in [-0.2, 0) is 4.79 Å². The fourth-order valence-corrected chi connectivity index (χ4v) is 6.42. The molecular weight excluding hydrogens is 446 g/mol. The number of hydrogen-bond acceptors (Lipinski definition) is 6. The highest BCUT2D eigenvalue weighted by Gasteiger charge is 2.68. The second-order valence-corrected chi connectivity index (χ2v) is 11.6. The van der Waals surface area contributed by atoms with Crippen molar-refractivity contribution in [2.24, 2.45) is 21.7 Å². The van der Waals surface area contributed by atoms with Crippen LogP contribution >= 0.6 is 11.3 Å². The smallest absolute Gasteiger partial charge is 0.275 e. The van der Waals surface area contributed by atoms with Gasteiger partial charge in [-0.1, -0.05) is 39.8 Å². The Balaban J connectivity index is 1.18. The number of piperidine rings is 1. The number of hydrogen-bond donors (Lipinski definition) is 2. The lowest BCUT2D eigenvalue weighted by Crippen LogP contribution is -2.39. The molecule has 2 aromatic rings. The van der Waals surface area contributed by atoms with Crippen molar-refractivity contribution >= 4 is 34.7 Å². The Bertz CT molecular complexity index is 1130. The molecule has 0 unspecified atom stereocenters. The highest BCUT2D eigenvalue weighted by molar-refractivity contribution is 7.10. The zero-order valence-corrected chi connectivity index (χ0v) is 21.2. The molecule has 34 heavy (non-hydrogen) atoms. The predicted octanol–water partition coefficient (Wildman–Crippen LogP) is 4.13. The monoisotopic (exact) mass is 479 g/mol. The van der Waals surface area contributed by atoms with Crippen LogP contribution < -0.4 is 10.6 Å². The Morgan fingerprint density at radius 2 is 1.88 bits per heavy atom. The van der Waals surface area contributed by atoms with E-state index in [9.17, 15) is 9.59 Å². The van der Waals surface area contributed by atoms with E-state index in [1.165, 1.54) is 0 Å². The summed E-state index contributed by atoms with van der Waals surface area (Å²) in [6.45, 7) is 11.9. The van der Waals surface area contributed by atoms with Gasteiger partial charge in [-0.25, -0.2) is 4.98 Å². The minimum absolute atomic E-state index is 0.0685. The molecule has 1 saturated heterocycles. The zero-order chi connectivity index (χ0) is 24.1. The number of thiazole rings is 1. The lowest BCUT2D eigenvalue weighted by molar-refractivity contribution is -0.134. The van der Waals surface area contributed by atoms with Gasteiger partial charge in [0.1, 0.15) is 11.5 Å². The second-order valence-electron chi connectivity index (χ2n) is 10.7. The number of rotatable bonds is 5. The van der Waals surface area contributed by atoms with Gasteiger partial charge in [0.2, 0.25) is 5.91 Å². The largest absolute Gasteiger partial charge is 0.368 e. The highest BCUT2D eigenvalue weighted by Crippen LogP contribution is 2.68. The molecule has 0 bridgehead atoms. The van der Waals surface area contributed by atoms with Crippen LogP contribution in [0.2, 0.25) is 0 Å². The van der Waals surface area contributed by atoms with Crippen molar-refractivity contribution in [1.82, 2.24) is 15.2 Å². The maximum atomic E-state index is 13.1. The number of likely N-dealkylation sites (tertiary alicyclic amines) is 1. The van der Waals surface area contributed by atoms with Crippen molar-refractivity contribution in [3.05, 3.63) is 45.9 Å². The number of carbonyl (C=O) groups excluding carboxylic acids is 2. The molecule has 0 radical (unpaired) electrons. The number of aliphatic imine (C=N–C) groups is 1. The van der Waals surface area contributed by atoms with Gasteiger partial charge < -0.3 is 15.5 Å². The molecule has 1 aromatic heterocycles. The van der Waals surface area contributed by atoms with E-state index in [1.807, 2.05) is 34.5 Å². The van der Waals surface area contributed by atoms with E-state index in [2.05, 4.69) is 48.3 Å². The van der Waals surface area contributed by atoms with Crippen LogP contribution in [-0.4, -0.2) is 53.7 Å². The molecule has 2 fully saturated rings. The Hall–Kier alpha value is -2.74. The highest BCUT2D eigenvalue weighted by atomic mass is 32.1. The summed E-state index contributed by atoms with van der Waals surface area (Å²) < 4.78 is 0. The van der Waals surface area contributed by atoms with Crippen LogP contribution in [0, 0.1) is 16.7 Å². The van der Waals surface area contributed by atoms with Crippen molar-refractivity contribution in [2.45, 2.75) is 46.5 Å². The third-order valence-electron chi connectivity index (χ3n) is 8.25. The van der Waals surface area contributed by atoms with Crippen LogP contribution in [0.1, 0.15) is 67.5 Å². The van der Waals surface area contributed by atoms with Crippen molar-refractivity contribution in [3.8, 4) is 0 Å². The summed E-state index contributed by atoms with van der Waals surface area (Å²) in [4.78, 5) is 37.0. The second kappa shape index (κ2) is 8.48. The topological polar surface area (TPSA) is 86.7 Å². The third kappa shape index (κ3) is 4.02. The van der Waals surface area contributed by atoms with Gasteiger partial charge in [-0.3, -0.25) is 14.6 Å². The van der Waals surface area contributed by atoms with Crippen molar-refractivity contribution in [3.63, 3.8) is 0 Å². The molecule has 1 saturated carbocycles. The van der Waals surface area contributed by atoms with Crippen LogP contribution in [0.25, 0.3) is 0 Å². The Kier molecular flexibility index (Phi) is 5.74. The summed E-state index contributed by atoms with van der Waals surface area (Å²) >= 11 is 1.54. The van der Waals surface area contributed by atoms with Gasteiger partial charge in [0.25, 0.3) is 5.91 Å². The van der Waals surface area contributed by atoms with Gasteiger partial charge in [-0.15, -0.1) is 11.3 Å². The lowest BCUT2D eigenvalue weighted by Gasteiger charge is -2.31. The molecule has 0 spiro atoms. The van der Waals surface area contributed by atoms with E-state index in [-0.39, 0.29) is 22.7 Å². The molecule has 3 heterocycles. The molecule has 0 atom stereocenters. The van der Waals surface area contributed by atoms with E-state index < -0.39 is 0 Å². The van der Waals surface area contributed by atoms with Crippen LogP contribution in [0.15, 0.2) is 34.6 Å². The average molecular weight is 480 g/mol. The van der Waals surface area contributed by atoms with Crippen molar-refractivity contribution in [1.29, 1.82) is 0 Å². The Labute approximate surface area is 205 Å². The normalized spacial score (nSPS) is 21.6. The predicted molar refractivity (Wildman–Crippen MR) is 136 cm³/mol. The number of amides is 2. The van der Waals surface area contributed by atoms with Gasteiger partial charge >= 0.3 is 0 Å². The first-order chi connectivity index (χ1) is 16.2. The first-order valence-electron chi connectivity index (χ1n) is 12.1. The van der Waals surface area contributed by atoms with Crippen LogP contribution in [0.3, 0.4) is 0 Å². The number of carbonyl (C=O) groups is 2. The van der Waals surface area contributed by atoms with E-state index >= 15 is 0 Å². The fraction of sp³-hybridized carbons (Fsp3) is 0.538. The van der Waals surface area contributed by atoms with Crippen molar-refractivity contribution in [2.75, 3.05) is 31.5 Å². The fourth-order valence-electron chi connectivity index (χ4n) is 5.45. The summed E-state index contributed by atoms with van der Waals surface area (Å²) in [7, 11) is 0. The van der Waals surface area contributed by atoms with Gasteiger partial charge in [-0.2, -0.15) is 0 Å². The number of aromatic nitrogens is 1. The number of nitrogens with zero attached hydrogens (tertiary/aromatic N) is 3. The SMILES string of the molecule is CC1(C)C(C(=O)N2CCC(c3nc(C(=O)Nc4cccc(C5=NCCN5)c4)cs3)CC2)C1(C)C. The minimum Gasteiger partial charge on any atom is -0.368 e. The van der Waals surface area contributed by atoms with Crippen LogP contribution in [0.5, 0.6) is 0 Å². The van der Waals surface area contributed by atoms with E-state index in [0.717, 1.165) is 61.1 Å². The zero-order valence-electron chi connectivity index (χ0n) is 20.4. The molecule has 2 amide bonds. The molecule has 1 aliphatic carbocycles. The first-order valence-corrected chi connectivity index (χ1v) is 13.0. The molecule has 3 aliphatic rings.